The lowest BCUT2D eigenvalue weighted by Gasteiger charge is -2.11. The van der Waals surface area contributed by atoms with Crippen LogP contribution < -0.4 is 5.32 Å². The highest BCUT2D eigenvalue weighted by atomic mass is 79.9. The number of amides is 1. The van der Waals surface area contributed by atoms with E-state index in [9.17, 15) is 4.79 Å². The third-order valence-corrected chi connectivity index (χ3v) is 4.84. The summed E-state index contributed by atoms with van der Waals surface area (Å²) < 4.78 is 5.37. The monoisotopic (exact) mass is 323 g/mol. The smallest absolute Gasteiger partial charge is 0.251 e. The summed E-state index contributed by atoms with van der Waals surface area (Å²) in [5.41, 5.74) is 3.10. The zero-order valence-electron chi connectivity index (χ0n) is 10.8. The molecule has 2 aliphatic rings. The first kappa shape index (κ1) is 13.1. The minimum absolute atomic E-state index is 0.0349. The Bertz CT molecular complexity index is 489. The highest BCUT2D eigenvalue weighted by molar-refractivity contribution is 9.09. The number of alkyl halides is 1. The molecule has 1 aliphatic heterocycles. The molecule has 0 spiro atoms. The number of fused-ring (bicyclic) bond motifs is 1. The second kappa shape index (κ2) is 5.63. The zero-order valence-corrected chi connectivity index (χ0v) is 12.4. The van der Waals surface area contributed by atoms with Crippen molar-refractivity contribution in [2.75, 3.05) is 6.54 Å². The normalized spacial score (nSPS) is 25.3. The van der Waals surface area contributed by atoms with Gasteiger partial charge in [-0.15, -0.1) is 0 Å². The molecule has 1 aromatic rings. The lowest BCUT2D eigenvalue weighted by molar-refractivity contribution is 0.0947. The van der Waals surface area contributed by atoms with Gasteiger partial charge in [-0.3, -0.25) is 4.79 Å². The molecule has 1 saturated carbocycles. The fraction of sp³-hybridized carbons (Fsp3) is 0.533. The SMILES string of the molecule is O=C(NCC1CCC(Br)C1)c1ccc2c(c1)COC2. The first-order valence-electron chi connectivity index (χ1n) is 6.84. The number of hydrogen-bond donors (Lipinski definition) is 1. The van der Waals surface area contributed by atoms with Gasteiger partial charge >= 0.3 is 0 Å². The van der Waals surface area contributed by atoms with Crippen LogP contribution in [0.3, 0.4) is 0 Å². The highest BCUT2D eigenvalue weighted by Crippen LogP contribution is 2.30. The van der Waals surface area contributed by atoms with Gasteiger partial charge in [-0.2, -0.15) is 0 Å². The average molecular weight is 324 g/mol. The molecule has 2 unspecified atom stereocenters. The Morgan fingerprint density at radius 2 is 2.16 bits per heavy atom. The summed E-state index contributed by atoms with van der Waals surface area (Å²) in [6.07, 6.45) is 3.59. The van der Waals surface area contributed by atoms with Gasteiger partial charge in [-0.05, 0) is 48.4 Å². The van der Waals surface area contributed by atoms with E-state index in [1.807, 2.05) is 18.2 Å². The van der Waals surface area contributed by atoms with E-state index in [-0.39, 0.29) is 5.91 Å². The minimum Gasteiger partial charge on any atom is -0.372 e. The number of nitrogens with one attached hydrogen (secondary N) is 1. The Morgan fingerprint density at radius 1 is 1.32 bits per heavy atom. The summed E-state index contributed by atoms with van der Waals surface area (Å²) in [6.45, 7) is 2.09. The molecule has 1 amide bonds. The quantitative estimate of drug-likeness (QED) is 0.868. The van der Waals surface area contributed by atoms with Crippen LogP contribution in [0, 0.1) is 5.92 Å². The number of benzene rings is 1. The van der Waals surface area contributed by atoms with Crippen LogP contribution in [0.15, 0.2) is 18.2 Å². The van der Waals surface area contributed by atoms with Gasteiger partial charge in [0.2, 0.25) is 0 Å². The molecule has 0 aromatic heterocycles. The second-order valence-corrected chi connectivity index (χ2v) is 6.76. The fourth-order valence-corrected chi connectivity index (χ4v) is 3.64. The molecule has 19 heavy (non-hydrogen) atoms. The standard InChI is InChI=1S/C15H18BrNO2/c16-14-4-1-10(5-14)7-17-15(18)11-2-3-12-8-19-9-13(12)6-11/h2-3,6,10,14H,1,4-5,7-9H2,(H,17,18). The summed E-state index contributed by atoms with van der Waals surface area (Å²) in [7, 11) is 0. The Kier molecular flexibility index (Phi) is 3.89. The summed E-state index contributed by atoms with van der Waals surface area (Å²) >= 11 is 3.64. The van der Waals surface area contributed by atoms with Crippen LogP contribution in [0.1, 0.15) is 40.7 Å². The lowest BCUT2D eigenvalue weighted by Crippen LogP contribution is -2.28. The maximum Gasteiger partial charge on any atom is 0.251 e. The third-order valence-electron chi connectivity index (χ3n) is 4.01. The molecular formula is C15H18BrNO2. The Morgan fingerprint density at radius 3 is 2.95 bits per heavy atom. The number of halogens is 1. The van der Waals surface area contributed by atoms with Crippen molar-refractivity contribution < 1.29 is 9.53 Å². The van der Waals surface area contributed by atoms with Crippen LogP contribution in [0.25, 0.3) is 0 Å². The van der Waals surface area contributed by atoms with Crippen LogP contribution in [0.5, 0.6) is 0 Å². The Balaban J connectivity index is 1.58. The fourth-order valence-electron chi connectivity index (χ4n) is 2.85. The second-order valence-electron chi connectivity index (χ2n) is 5.46. The third kappa shape index (κ3) is 3.00. The molecule has 1 aromatic carbocycles. The van der Waals surface area contributed by atoms with E-state index in [1.165, 1.54) is 18.4 Å². The summed E-state index contributed by atoms with van der Waals surface area (Å²) in [5, 5.41) is 3.05. The number of hydrogen-bond acceptors (Lipinski definition) is 2. The highest BCUT2D eigenvalue weighted by Gasteiger charge is 2.23. The number of carbonyl (C=O) groups excluding carboxylic acids is 1. The molecule has 0 saturated heterocycles. The van der Waals surface area contributed by atoms with Gasteiger partial charge in [0.05, 0.1) is 13.2 Å². The van der Waals surface area contributed by atoms with E-state index >= 15 is 0 Å². The van der Waals surface area contributed by atoms with Gasteiger partial charge < -0.3 is 10.1 Å². The van der Waals surface area contributed by atoms with E-state index in [1.54, 1.807) is 0 Å². The maximum absolute atomic E-state index is 12.1. The summed E-state index contributed by atoms with van der Waals surface area (Å²) in [5.74, 6) is 0.652. The molecule has 2 atom stereocenters. The molecule has 1 heterocycles. The maximum atomic E-state index is 12.1. The van der Waals surface area contributed by atoms with Crippen molar-refractivity contribution in [3.8, 4) is 0 Å². The average Bonchev–Trinajstić information content (AvgIpc) is 3.03. The molecule has 102 valence electrons. The molecule has 0 radical (unpaired) electrons. The van der Waals surface area contributed by atoms with Crippen molar-refractivity contribution in [3.63, 3.8) is 0 Å². The van der Waals surface area contributed by atoms with Gasteiger partial charge in [0, 0.05) is 16.9 Å². The van der Waals surface area contributed by atoms with Gasteiger partial charge in [-0.1, -0.05) is 22.0 Å². The van der Waals surface area contributed by atoms with Crippen molar-refractivity contribution in [2.45, 2.75) is 37.3 Å². The Labute approximate surface area is 121 Å². The zero-order chi connectivity index (χ0) is 13.2. The Hall–Kier alpha value is -0.870. The van der Waals surface area contributed by atoms with Gasteiger partial charge in [0.15, 0.2) is 0 Å². The molecule has 1 aliphatic carbocycles. The van der Waals surface area contributed by atoms with Crippen LogP contribution in [0.4, 0.5) is 0 Å². The number of carbonyl (C=O) groups is 1. The van der Waals surface area contributed by atoms with Crippen LogP contribution >= 0.6 is 15.9 Å². The van der Waals surface area contributed by atoms with Gasteiger partial charge in [-0.25, -0.2) is 0 Å². The van der Waals surface area contributed by atoms with Gasteiger partial charge in [0.25, 0.3) is 5.91 Å². The first-order chi connectivity index (χ1) is 9.22. The van der Waals surface area contributed by atoms with E-state index in [2.05, 4.69) is 21.2 Å². The minimum atomic E-state index is 0.0349. The summed E-state index contributed by atoms with van der Waals surface area (Å²) in [4.78, 5) is 12.8. The van der Waals surface area contributed by atoms with Crippen LogP contribution in [-0.4, -0.2) is 17.3 Å². The predicted octanol–water partition coefficient (Wildman–Crippen LogP) is 3.01. The number of ether oxygens (including phenoxy) is 1. The largest absolute Gasteiger partial charge is 0.372 e. The summed E-state index contributed by atoms with van der Waals surface area (Å²) in [6, 6.07) is 5.85. The van der Waals surface area contributed by atoms with E-state index in [0.717, 1.165) is 24.1 Å². The van der Waals surface area contributed by atoms with E-state index in [0.29, 0.717) is 24.0 Å². The van der Waals surface area contributed by atoms with Gasteiger partial charge in [0.1, 0.15) is 0 Å². The first-order valence-corrected chi connectivity index (χ1v) is 7.76. The van der Waals surface area contributed by atoms with E-state index in [4.69, 9.17) is 4.74 Å². The number of rotatable bonds is 3. The molecule has 0 bridgehead atoms. The predicted molar refractivity (Wildman–Crippen MR) is 77.3 cm³/mol. The van der Waals surface area contributed by atoms with Crippen molar-refractivity contribution in [2.24, 2.45) is 5.92 Å². The lowest BCUT2D eigenvalue weighted by atomic mass is 10.1. The molecule has 3 nitrogen and oxygen atoms in total. The van der Waals surface area contributed by atoms with Crippen molar-refractivity contribution in [1.82, 2.24) is 5.32 Å². The molecule has 3 rings (SSSR count). The van der Waals surface area contributed by atoms with Crippen molar-refractivity contribution in [3.05, 3.63) is 34.9 Å². The molecule has 4 heteroatoms. The van der Waals surface area contributed by atoms with E-state index < -0.39 is 0 Å². The topological polar surface area (TPSA) is 38.3 Å². The van der Waals surface area contributed by atoms with Crippen LogP contribution in [-0.2, 0) is 18.0 Å². The molecule has 1 fully saturated rings. The molecular weight excluding hydrogens is 306 g/mol. The van der Waals surface area contributed by atoms with Crippen LogP contribution in [0.2, 0.25) is 0 Å². The van der Waals surface area contributed by atoms with Crippen molar-refractivity contribution in [1.29, 1.82) is 0 Å². The molecule has 1 N–H and O–H groups in total. The van der Waals surface area contributed by atoms with Crippen molar-refractivity contribution >= 4 is 21.8 Å².